The first kappa shape index (κ1) is 13.5. The summed E-state index contributed by atoms with van der Waals surface area (Å²) in [6, 6.07) is 0. The normalized spacial score (nSPS) is 14.7. The monoisotopic (exact) mass is 287 g/mol. The van der Waals surface area contributed by atoms with Crippen molar-refractivity contribution in [3.63, 3.8) is 0 Å². The molecule has 18 heavy (non-hydrogen) atoms. The molecule has 0 aliphatic heterocycles. The molecule has 98 valence electrons. The van der Waals surface area contributed by atoms with Crippen molar-refractivity contribution in [3.8, 4) is 10.8 Å². The highest BCUT2D eigenvalue weighted by Crippen LogP contribution is 2.35. The number of nitrogens with zero attached hydrogens (tertiary/aromatic N) is 2. The van der Waals surface area contributed by atoms with Crippen LogP contribution in [0.2, 0.25) is 5.02 Å². The molecule has 0 spiro atoms. The fourth-order valence-corrected chi connectivity index (χ4v) is 2.68. The molecule has 1 unspecified atom stereocenters. The quantitative estimate of drug-likeness (QED) is 0.935. The SMILES string of the molecule is COCC(C)(N)c1noc(-c2scc(C)c2Cl)n1. The van der Waals surface area contributed by atoms with E-state index in [4.69, 9.17) is 26.6 Å². The molecule has 0 amide bonds. The molecule has 2 heterocycles. The van der Waals surface area contributed by atoms with E-state index in [1.165, 1.54) is 11.3 Å². The topological polar surface area (TPSA) is 74.2 Å². The number of rotatable bonds is 4. The Hall–Kier alpha value is -0.950. The largest absolute Gasteiger partial charge is 0.382 e. The zero-order valence-corrected chi connectivity index (χ0v) is 11.9. The fraction of sp³-hybridized carbons (Fsp3) is 0.455. The summed E-state index contributed by atoms with van der Waals surface area (Å²) >= 11 is 7.62. The van der Waals surface area contributed by atoms with Crippen LogP contribution in [0.25, 0.3) is 10.8 Å². The lowest BCUT2D eigenvalue weighted by atomic mass is 10.1. The van der Waals surface area contributed by atoms with Crippen molar-refractivity contribution in [1.29, 1.82) is 0 Å². The molecule has 2 aromatic rings. The number of nitrogens with two attached hydrogens (primary N) is 1. The number of aromatic nitrogens is 2. The zero-order chi connectivity index (χ0) is 13.3. The van der Waals surface area contributed by atoms with Crippen molar-refractivity contribution in [3.05, 3.63) is 21.8 Å². The van der Waals surface area contributed by atoms with E-state index in [1.54, 1.807) is 14.0 Å². The summed E-state index contributed by atoms with van der Waals surface area (Å²) in [6.45, 7) is 4.02. The Morgan fingerprint density at radius 1 is 1.61 bits per heavy atom. The first-order chi connectivity index (χ1) is 8.45. The Bertz CT molecular complexity index is 550. The van der Waals surface area contributed by atoms with E-state index >= 15 is 0 Å². The van der Waals surface area contributed by atoms with Gasteiger partial charge in [-0.05, 0) is 24.8 Å². The summed E-state index contributed by atoms with van der Waals surface area (Å²) < 4.78 is 10.2. The van der Waals surface area contributed by atoms with Crippen LogP contribution < -0.4 is 5.73 Å². The minimum atomic E-state index is -0.782. The second-order valence-corrected chi connectivity index (χ2v) is 5.59. The zero-order valence-electron chi connectivity index (χ0n) is 10.4. The molecule has 0 saturated heterocycles. The number of thiophene rings is 1. The van der Waals surface area contributed by atoms with Gasteiger partial charge in [0.2, 0.25) is 0 Å². The van der Waals surface area contributed by atoms with Gasteiger partial charge in [0.05, 0.1) is 11.6 Å². The molecule has 0 bridgehead atoms. The lowest BCUT2D eigenvalue weighted by Crippen LogP contribution is -2.38. The predicted octanol–water partition coefficient (Wildman–Crippen LogP) is 2.58. The van der Waals surface area contributed by atoms with Gasteiger partial charge in [-0.15, -0.1) is 11.3 Å². The van der Waals surface area contributed by atoms with Crippen molar-refractivity contribution in [1.82, 2.24) is 10.1 Å². The van der Waals surface area contributed by atoms with Gasteiger partial charge in [-0.25, -0.2) is 0 Å². The van der Waals surface area contributed by atoms with Crippen molar-refractivity contribution in [2.24, 2.45) is 5.73 Å². The fourth-order valence-electron chi connectivity index (χ4n) is 1.49. The van der Waals surface area contributed by atoms with E-state index in [9.17, 15) is 0 Å². The van der Waals surface area contributed by atoms with Gasteiger partial charge in [0, 0.05) is 7.11 Å². The Labute approximate surface area is 114 Å². The predicted molar refractivity (Wildman–Crippen MR) is 70.8 cm³/mol. The summed E-state index contributed by atoms with van der Waals surface area (Å²) in [7, 11) is 1.58. The molecule has 0 aliphatic carbocycles. The van der Waals surface area contributed by atoms with Gasteiger partial charge < -0.3 is 15.0 Å². The highest BCUT2D eigenvalue weighted by molar-refractivity contribution is 7.14. The first-order valence-corrected chi connectivity index (χ1v) is 6.57. The third-order valence-corrected chi connectivity index (χ3v) is 4.16. The Morgan fingerprint density at radius 3 is 2.89 bits per heavy atom. The molecule has 0 saturated carbocycles. The molecule has 5 nitrogen and oxygen atoms in total. The van der Waals surface area contributed by atoms with Crippen LogP contribution >= 0.6 is 22.9 Å². The van der Waals surface area contributed by atoms with Gasteiger partial charge in [-0.3, -0.25) is 0 Å². The number of halogens is 1. The van der Waals surface area contributed by atoms with Crippen LogP contribution in [0.15, 0.2) is 9.90 Å². The second kappa shape index (κ2) is 4.97. The van der Waals surface area contributed by atoms with Crippen molar-refractivity contribution < 1.29 is 9.26 Å². The van der Waals surface area contributed by atoms with Crippen LogP contribution in [0.1, 0.15) is 18.3 Å². The molecule has 2 N–H and O–H groups in total. The number of aryl methyl sites for hydroxylation is 1. The maximum absolute atomic E-state index is 6.15. The van der Waals surface area contributed by atoms with Crippen LogP contribution in [-0.4, -0.2) is 23.9 Å². The Balaban J connectivity index is 2.34. The molecule has 0 fully saturated rings. The average Bonchev–Trinajstić information content (AvgIpc) is 2.88. The van der Waals surface area contributed by atoms with Gasteiger partial charge in [0.25, 0.3) is 5.89 Å². The third-order valence-electron chi connectivity index (χ3n) is 2.47. The molecule has 1 atom stereocenters. The summed E-state index contributed by atoms with van der Waals surface area (Å²) in [4.78, 5) is 5.05. The lowest BCUT2D eigenvalue weighted by Gasteiger charge is -2.18. The van der Waals surface area contributed by atoms with Gasteiger partial charge >= 0.3 is 0 Å². The van der Waals surface area contributed by atoms with Crippen LogP contribution in [0.4, 0.5) is 0 Å². The summed E-state index contributed by atoms with van der Waals surface area (Å²) in [5, 5.41) is 6.47. The van der Waals surface area contributed by atoms with Crippen LogP contribution in [0.5, 0.6) is 0 Å². The van der Waals surface area contributed by atoms with E-state index in [-0.39, 0.29) is 0 Å². The first-order valence-electron chi connectivity index (χ1n) is 5.31. The second-order valence-electron chi connectivity index (χ2n) is 4.34. The molecule has 0 aliphatic rings. The smallest absolute Gasteiger partial charge is 0.269 e. The van der Waals surface area contributed by atoms with E-state index in [1.807, 2.05) is 12.3 Å². The van der Waals surface area contributed by atoms with Gasteiger partial charge in [0.15, 0.2) is 5.82 Å². The van der Waals surface area contributed by atoms with Gasteiger partial charge in [-0.2, -0.15) is 4.98 Å². The maximum Gasteiger partial charge on any atom is 0.269 e. The molecular weight excluding hydrogens is 274 g/mol. The maximum atomic E-state index is 6.15. The van der Waals surface area contributed by atoms with Crippen LogP contribution in [-0.2, 0) is 10.3 Å². The van der Waals surface area contributed by atoms with E-state index < -0.39 is 5.54 Å². The third kappa shape index (κ3) is 2.42. The molecule has 2 aromatic heterocycles. The molecule has 0 aromatic carbocycles. The summed E-state index contributed by atoms with van der Waals surface area (Å²) in [5.74, 6) is 0.794. The minimum Gasteiger partial charge on any atom is -0.382 e. The summed E-state index contributed by atoms with van der Waals surface area (Å²) in [5.41, 5.74) is 6.25. The Kier molecular flexibility index (Phi) is 3.72. The van der Waals surface area contributed by atoms with E-state index in [2.05, 4.69) is 10.1 Å². The minimum absolute atomic E-state index is 0.309. The van der Waals surface area contributed by atoms with Crippen LogP contribution in [0.3, 0.4) is 0 Å². The van der Waals surface area contributed by atoms with Crippen LogP contribution in [0, 0.1) is 6.92 Å². The highest BCUT2D eigenvalue weighted by Gasteiger charge is 2.28. The highest BCUT2D eigenvalue weighted by atomic mass is 35.5. The number of hydrogen-bond donors (Lipinski definition) is 1. The van der Waals surface area contributed by atoms with Gasteiger partial charge in [0.1, 0.15) is 10.4 Å². The molecule has 2 rings (SSSR count). The molecule has 0 radical (unpaired) electrons. The lowest BCUT2D eigenvalue weighted by molar-refractivity contribution is 0.135. The summed E-state index contributed by atoms with van der Waals surface area (Å²) in [6.07, 6.45) is 0. The average molecular weight is 288 g/mol. The van der Waals surface area contributed by atoms with Crippen molar-refractivity contribution in [2.75, 3.05) is 13.7 Å². The molecular formula is C11H14ClN3O2S. The van der Waals surface area contributed by atoms with E-state index in [0.29, 0.717) is 23.3 Å². The number of ether oxygens (including phenoxy) is 1. The Morgan fingerprint density at radius 2 is 2.33 bits per heavy atom. The number of hydrogen-bond acceptors (Lipinski definition) is 6. The van der Waals surface area contributed by atoms with E-state index in [0.717, 1.165) is 10.4 Å². The van der Waals surface area contributed by atoms with Crippen molar-refractivity contribution in [2.45, 2.75) is 19.4 Å². The number of methoxy groups -OCH3 is 1. The van der Waals surface area contributed by atoms with Crippen molar-refractivity contribution >= 4 is 22.9 Å². The standard InChI is InChI=1S/C11H14ClN3O2S/c1-6-4-18-8(7(6)12)9-14-10(15-17-9)11(2,13)5-16-3/h4H,5,13H2,1-3H3. The molecule has 7 heteroatoms. The van der Waals surface area contributed by atoms with Gasteiger partial charge in [-0.1, -0.05) is 16.8 Å².